The van der Waals surface area contributed by atoms with Crippen LogP contribution >= 0.6 is 0 Å². The van der Waals surface area contributed by atoms with Gasteiger partial charge in [0.05, 0.1) is 36.8 Å². The van der Waals surface area contributed by atoms with Gasteiger partial charge in [0.2, 0.25) is 0 Å². The SMILES string of the molecule is O=c1ccc(-c2cccc([N+](=O)[O-])c2)nn1CC[NH+]1CCCCC1. The first kappa shape index (κ1) is 16.3. The Balaban J connectivity index is 1.79. The van der Waals surface area contributed by atoms with Gasteiger partial charge in [0.1, 0.15) is 0 Å². The molecule has 1 fully saturated rings. The summed E-state index contributed by atoms with van der Waals surface area (Å²) < 4.78 is 1.47. The van der Waals surface area contributed by atoms with Crippen molar-refractivity contribution in [2.75, 3.05) is 19.6 Å². The van der Waals surface area contributed by atoms with Crippen LogP contribution in [0.15, 0.2) is 41.2 Å². The Morgan fingerprint density at radius 1 is 1.17 bits per heavy atom. The Morgan fingerprint density at radius 2 is 1.96 bits per heavy atom. The maximum atomic E-state index is 12.0. The van der Waals surface area contributed by atoms with Gasteiger partial charge < -0.3 is 4.90 Å². The first-order valence-corrected chi connectivity index (χ1v) is 8.30. The standard InChI is InChI=1S/C17H20N4O3/c22-17-8-7-16(14-5-4-6-15(13-14)21(23)24)18-20(17)12-11-19-9-2-1-3-10-19/h4-8,13H,1-3,9-12H2/p+1. The highest BCUT2D eigenvalue weighted by molar-refractivity contribution is 5.61. The lowest BCUT2D eigenvalue weighted by Gasteiger charge is -2.23. The smallest absolute Gasteiger partial charge is 0.270 e. The van der Waals surface area contributed by atoms with Gasteiger partial charge >= 0.3 is 0 Å². The topological polar surface area (TPSA) is 82.5 Å². The van der Waals surface area contributed by atoms with E-state index in [1.54, 1.807) is 18.2 Å². The predicted octanol–water partition coefficient (Wildman–Crippen LogP) is 0.887. The molecule has 2 aromatic rings. The Hall–Kier alpha value is -2.54. The summed E-state index contributed by atoms with van der Waals surface area (Å²) in [5, 5.41) is 15.3. The van der Waals surface area contributed by atoms with E-state index >= 15 is 0 Å². The van der Waals surface area contributed by atoms with Crippen LogP contribution in [-0.2, 0) is 6.54 Å². The molecule has 1 aliphatic rings. The molecule has 1 N–H and O–H groups in total. The van der Waals surface area contributed by atoms with Gasteiger partial charge in [-0.2, -0.15) is 5.10 Å². The maximum absolute atomic E-state index is 12.0. The number of nitrogens with one attached hydrogen (secondary N) is 1. The monoisotopic (exact) mass is 329 g/mol. The average Bonchev–Trinajstić information content (AvgIpc) is 2.62. The number of nitro groups is 1. The second kappa shape index (κ2) is 7.35. The quantitative estimate of drug-likeness (QED) is 0.652. The fourth-order valence-corrected chi connectivity index (χ4v) is 3.11. The van der Waals surface area contributed by atoms with Crippen LogP contribution in [0.5, 0.6) is 0 Å². The summed E-state index contributed by atoms with van der Waals surface area (Å²) in [5.41, 5.74) is 1.10. The molecule has 0 unspecified atom stereocenters. The number of piperidine rings is 1. The van der Waals surface area contributed by atoms with E-state index in [4.69, 9.17) is 0 Å². The molecule has 3 rings (SSSR count). The van der Waals surface area contributed by atoms with E-state index in [9.17, 15) is 14.9 Å². The zero-order valence-electron chi connectivity index (χ0n) is 13.5. The minimum Gasteiger partial charge on any atom is -0.333 e. The summed E-state index contributed by atoms with van der Waals surface area (Å²) in [5.74, 6) is 0. The highest BCUT2D eigenvalue weighted by Crippen LogP contribution is 2.21. The van der Waals surface area contributed by atoms with Crippen molar-refractivity contribution in [3.05, 3.63) is 56.9 Å². The Bertz CT molecular complexity index is 781. The fraction of sp³-hybridized carbons (Fsp3) is 0.412. The molecule has 2 heterocycles. The number of quaternary nitrogens is 1. The highest BCUT2D eigenvalue weighted by atomic mass is 16.6. The molecule has 126 valence electrons. The second-order valence-corrected chi connectivity index (χ2v) is 6.15. The van der Waals surface area contributed by atoms with E-state index < -0.39 is 4.92 Å². The molecular formula is C17H21N4O3+. The van der Waals surface area contributed by atoms with Crippen molar-refractivity contribution in [1.82, 2.24) is 9.78 Å². The summed E-state index contributed by atoms with van der Waals surface area (Å²) >= 11 is 0. The Labute approximate surface area is 139 Å². The van der Waals surface area contributed by atoms with Gasteiger partial charge in [-0.25, -0.2) is 4.68 Å². The van der Waals surface area contributed by atoms with Crippen molar-refractivity contribution in [2.24, 2.45) is 0 Å². The van der Waals surface area contributed by atoms with Gasteiger partial charge in [-0.3, -0.25) is 14.9 Å². The number of nitro benzene ring substituents is 1. The lowest BCUT2D eigenvalue weighted by Crippen LogP contribution is -3.13. The van der Waals surface area contributed by atoms with Crippen LogP contribution in [0.1, 0.15) is 19.3 Å². The third-order valence-electron chi connectivity index (χ3n) is 4.46. The van der Waals surface area contributed by atoms with Crippen molar-refractivity contribution in [2.45, 2.75) is 25.8 Å². The van der Waals surface area contributed by atoms with Gasteiger partial charge in [-0.05, 0) is 25.3 Å². The maximum Gasteiger partial charge on any atom is 0.270 e. The molecule has 0 amide bonds. The zero-order chi connectivity index (χ0) is 16.9. The summed E-state index contributed by atoms with van der Waals surface area (Å²) in [6, 6.07) is 9.41. The van der Waals surface area contributed by atoms with Crippen molar-refractivity contribution in [1.29, 1.82) is 0 Å². The van der Waals surface area contributed by atoms with Crippen LogP contribution in [0, 0.1) is 10.1 Å². The van der Waals surface area contributed by atoms with Crippen LogP contribution in [0.3, 0.4) is 0 Å². The number of hydrogen-bond acceptors (Lipinski definition) is 4. The number of likely N-dealkylation sites (tertiary alicyclic amines) is 1. The lowest BCUT2D eigenvalue weighted by molar-refractivity contribution is -0.905. The summed E-state index contributed by atoms with van der Waals surface area (Å²) in [6.45, 7) is 3.75. The highest BCUT2D eigenvalue weighted by Gasteiger charge is 2.14. The molecule has 1 saturated heterocycles. The minimum absolute atomic E-state index is 0.0183. The second-order valence-electron chi connectivity index (χ2n) is 6.15. The number of rotatable bonds is 5. The zero-order valence-corrected chi connectivity index (χ0v) is 13.5. The van der Waals surface area contributed by atoms with Crippen LogP contribution in [-0.4, -0.2) is 34.3 Å². The molecule has 1 aromatic carbocycles. The number of non-ortho nitro benzene ring substituents is 1. The average molecular weight is 329 g/mol. The molecule has 7 heteroatoms. The summed E-state index contributed by atoms with van der Waals surface area (Å²) in [7, 11) is 0. The number of benzene rings is 1. The van der Waals surface area contributed by atoms with Crippen LogP contribution in [0.4, 0.5) is 5.69 Å². The van der Waals surface area contributed by atoms with Gasteiger partial charge in [0, 0.05) is 23.8 Å². The lowest BCUT2D eigenvalue weighted by atomic mass is 10.1. The molecule has 1 aliphatic heterocycles. The molecule has 0 aliphatic carbocycles. The predicted molar refractivity (Wildman–Crippen MR) is 90.0 cm³/mol. The van der Waals surface area contributed by atoms with Crippen molar-refractivity contribution < 1.29 is 9.82 Å². The van der Waals surface area contributed by atoms with Crippen molar-refractivity contribution >= 4 is 5.69 Å². The largest absolute Gasteiger partial charge is 0.333 e. The van der Waals surface area contributed by atoms with Crippen LogP contribution in [0.25, 0.3) is 11.3 Å². The van der Waals surface area contributed by atoms with E-state index in [2.05, 4.69) is 5.10 Å². The minimum atomic E-state index is -0.431. The Kier molecular flexibility index (Phi) is 5.00. The van der Waals surface area contributed by atoms with Crippen LogP contribution < -0.4 is 10.5 Å². The van der Waals surface area contributed by atoms with E-state index in [1.165, 1.54) is 47.0 Å². The molecule has 0 spiro atoms. The van der Waals surface area contributed by atoms with Gasteiger partial charge in [0.25, 0.3) is 11.2 Å². The molecule has 24 heavy (non-hydrogen) atoms. The van der Waals surface area contributed by atoms with Crippen molar-refractivity contribution in [3.63, 3.8) is 0 Å². The van der Waals surface area contributed by atoms with E-state index in [0.29, 0.717) is 17.8 Å². The molecule has 1 aromatic heterocycles. The molecular weight excluding hydrogens is 308 g/mol. The van der Waals surface area contributed by atoms with E-state index in [0.717, 1.165) is 19.6 Å². The first-order chi connectivity index (χ1) is 11.6. The molecule has 0 atom stereocenters. The molecule has 7 nitrogen and oxygen atoms in total. The van der Waals surface area contributed by atoms with E-state index in [1.807, 2.05) is 0 Å². The van der Waals surface area contributed by atoms with Crippen LogP contribution in [0.2, 0.25) is 0 Å². The molecule has 0 radical (unpaired) electrons. The van der Waals surface area contributed by atoms with Crippen molar-refractivity contribution in [3.8, 4) is 11.3 Å². The van der Waals surface area contributed by atoms with Gasteiger partial charge in [0.15, 0.2) is 0 Å². The summed E-state index contributed by atoms with van der Waals surface area (Å²) in [6.07, 6.45) is 3.78. The first-order valence-electron chi connectivity index (χ1n) is 8.30. The third kappa shape index (κ3) is 3.86. The number of nitrogens with zero attached hydrogens (tertiary/aromatic N) is 3. The number of hydrogen-bond donors (Lipinski definition) is 1. The molecule has 0 saturated carbocycles. The van der Waals surface area contributed by atoms with Gasteiger partial charge in [-0.15, -0.1) is 0 Å². The van der Waals surface area contributed by atoms with Gasteiger partial charge in [-0.1, -0.05) is 12.1 Å². The summed E-state index contributed by atoms with van der Waals surface area (Å²) in [4.78, 5) is 24.0. The normalized spacial score (nSPS) is 15.3. The van der Waals surface area contributed by atoms with E-state index in [-0.39, 0.29) is 11.2 Å². The Morgan fingerprint density at radius 3 is 2.71 bits per heavy atom. The number of aromatic nitrogens is 2. The third-order valence-corrected chi connectivity index (χ3v) is 4.46. The molecule has 0 bridgehead atoms. The fourth-order valence-electron chi connectivity index (χ4n) is 3.11.